The topological polar surface area (TPSA) is 58.5 Å². The Morgan fingerprint density at radius 2 is 1.75 bits per heavy atom. The lowest BCUT2D eigenvalue weighted by Gasteiger charge is -2.07. The van der Waals surface area contributed by atoms with E-state index >= 15 is 0 Å². The number of anilines is 1. The van der Waals surface area contributed by atoms with Gasteiger partial charge in [0, 0.05) is 26.7 Å². The summed E-state index contributed by atoms with van der Waals surface area (Å²) in [5, 5.41) is 3.78. The van der Waals surface area contributed by atoms with Crippen LogP contribution >= 0.6 is 23.2 Å². The number of fused-ring (bicyclic) bond motifs is 1. The first kappa shape index (κ1) is 18.4. The molecule has 3 aromatic carbocycles. The van der Waals surface area contributed by atoms with Crippen LogP contribution in [0.25, 0.3) is 0 Å². The van der Waals surface area contributed by atoms with Crippen LogP contribution in [0.1, 0.15) is 27.0 Å². The molecule has 3 aromatic rings. The average Bonchev–Trinajstić information content (AvgIpc) is 3.02. The molecule has 1 aliphatic heterocycles. The Kier molecular flexibility index (Phi) is 4.75. The molecule has 0 radical (unpaired) electrons. The van der Waals surface area contributed by atoms with E-state index in [-0.39, 0.29) is 17.4 Å². The third-order valence-corrected chi connectivity index (χ3v) is 5.22. The van der Waals surface area contributed by atoms with E-state index in [1.807, 2.05) is 13.0 Å². The van der Waals surface area contributed by atoms with Crippen LogP contribution in [0.4, 0.5) is 11.4 Å². The molecule has 0 unspecified atom stereocenters. The van der Waals surface area contributed by atoms with E-state index in [2.05, 4.69) is 10.3 Å². The molecule has 0 spiro atoms. The van der Waals surface area contributed by atoms with Gasteiger partial charge in [-0.2, -0.15) is 0 Å². The molecule has 0 bridgehead atoms. The fourth-order valence-corrected chi connectivity index (χ4v) is 3.43. The zero-order valence-electron chi connectivity index (χ0n) is 14.8. The Morgan fingerprint density at radius 1 is 1.00 bits per heavy atom. The fraction of sp³-hybridized carbons (Fsp3) is 0.0455. The van der Waals surface area contributed by atoms with Crippen LogP contribution in [-0.4, -0.2) is 17.4 Å². The molecule has 0 fully saturated rings. The highest BCUT2D eigenvalue weighted by atomic mass is 35.5. The van der Waals surface area contributed by atoms with E-state index in [0.717, 1.165) is 5.56 Å². The molecule has 1 heterocycles. The SMILES string of the molecule is Cc1c(Cl)ccc2c1NC(=O)C2=Nc1ccc(Cl)cc1C(=O)c1ccccc1. The standard InChI is InChI=1S/C22H14Cl2N2O2/c1-12-17(24)9-8-15-19(12)26-22(28)20(15)25-18-10-7-14(23)11-16(18)21(27)13-5-3-2-4-6-13/h2-11H,1H3,(H,25,26,28). The van der Waals surface area contributed by atoms with Crippen molar-refractivity contribution in [3.8, 4) is 0 Å². The van der Waals surface area contributed by atoms with E-state index in [0.29, 0.717) is 38.1 Å². The van der Waals surface area contributed by atoms with Crippen molar-refractivity contribution in [2.24, 2.45) is 4.99 Å². The van der Waals surface area contributed by atoms with E-state index in [4.69, 9.17) is 23.2 Å². The first-order chi connectivity index (χ1) is 13.5. The molecule has 0 aliphatic carbocycles. The van der Waals surface area contributed by atoms with Gasteiger partial charge in [0.05, 0.1) is 11.4 Å². The lowest BCUT2D eigenvalue weighted by atomic mass is 10.0. The van der Waals surface area contributed by atoms with Crippen molar-refractivity contribution in [2.45, 2.75) is 6.92 Å². The van der Waals surface area contributed by atoms with Crippen molar-refractivity contribution in [1.82, 2.24) is 0 Å². The van der Waals surface area contributed by atoms with Gasteiger partial charge < -0.3 is 5.32 Å². The second-order valence-electron chi connectivity index (χ2n) is 6.37. The molecule has 0 aromatic heterocycles. The molecule has 4 rings (SSSR count). The van der Waals surface area contributed by atoms with Gasteiger partial charge in [-0.25, -0.2) is 4.99 Å². The number of nitrogens with one attached hydrogen (secondary N) is 1. The van der Waals surface area contributed by atoms with Crippen LogP contribution in [-0.2, 0) is 4.79 Å². The Labute approximate surface area is 171 Å². The molecule has 1 amide bonds. The molecule has 1 aliphatic rings. The van der Waals surface area contributed by atoms with Crippen molar-refractivity contribution < 1.29 is 9.59 Å². The van der Waals surface area contributed by atoms with Crippen LogP contribution in [0, 0.1) is 6.92 Å². The third kappa shape index (κ3) is 3.21. The summed E-state index contributed by atoms with van der Waals surface area (Å²) in [6.45, 7) is 1.83. The predicted molar refractivity (Wildman–Crippen MR) is 112 cm³/mol. The van der Waals surface area contributed by atoms with Crippen molar-refractivity contribution in [2.75, 3.05) is 5.32 Å². The number of carbonyl (C=O) groups excluding carboxylic acids is 2. The Bertz CT molecular complexity index is 1150. The number of hydrogen-bond acceptors (Lipinski definition) is 3. The maximum absolute atomic E-state index is 13.0. The Balaban J connectivity index is 1.85. The summed E-state index contributed by atoms with van der Waals surface area (Å²) in [5.74, 6) is -0.554. The molecule has 1 N–H and O–H groups in total. The molecule has 0 saturated carbocycles. The largest absolute Gasteiger partial charge is 0.320 e. The lowest BCUT2D eigenvalue weighted by molar-refractivity contribution is -0.110. The van der Waals surface area contributed by atoms with Gasteiger partial charge in [-0.1, -0.05) is 53.5 Å². The monoisotopic (exact) mass is 408 g/mol. The highest BCUT2D eigenvalue weighted by molar-refractivity contribution is 6.54. The smallest absolute Gasteiger partial charge is 0.275 e. The number of benzene rings is 3. The maximum Gasteiger partial charge on any atom is 0.275 e. The number of nitrogens with zero attached hydrogens (tertiary/aromatic N) is 1. The fourth-order valence-electron chi connectivity index (χ4n) is 3.10. The number of hydrogen-bond donors (Lipinski definition) is 1. The van der Waals surface area contributed by atoms with Crippen LogP contribution < -0.4 is 5.32 Å². The maximum atomic E-state index is 13.0. The van der Waals surface area contributed by atoms with E-state index < -0.39 is 0 Å². The number of ketones is 1. The van der Waals surface area contributed by atoms with Crippen molar-refractivity contribution in [3.63, 3.8) is 0 Å². The van der Waals surface area contributed by atoms with Crippen molar-refractivity contribution >= 4 is 52.0 Å². The van der Waals surface area contributed by atoms with Crippen molar-refractivity contribution in [1.29, 1.82) is 0 Å². The van der Waals surface area contributed by atoms with E-state index in [9.17, 15) is 9.59 Å². The number of halogens is 2. The Morgan fingerprint density at radius 3 is 2.50 bits per heavy atom. The minimum absolute atomic E-state index is 0.214. The highest BCUT2D eigenvalue weighted by Crippen LogP contribution is 2.34. The normalized spacial score (nSPS) is 14.1. The van der Waals surface area contributed by atoms with Gasteiger partial charge >= 0.3 is 0 Å². The predicted octanol–water partition coefficient (Wildman–Crippen LogP) is 5.61. The summed E-state index contributed by atoms with van der Waals surface area (Å²) in [4.78, 5) is 30.0. The van der Waals surface area contributed by atoms with Gasteiger partial charge in [0.25, 0.3) is 5.91 Å². The number of aliphatic imine (C=N–C) groups is 1. The molecule has 6 heteroatoms. The summed E-state index contributed by atoms with van der Waals surface area (Å²) >= 11 is 12.3. The second kappa shape index (κ2) is 7.23. The molecular formula is C22H14Cl2N2O2. The van der Waals surface area contributed by atoms with Gasteiger partial charge in [-0.3, -0.25) is 9.59 Å². The third-order valence-electron chi connectivity index (χ3n) is 4.58. The van der Waals surface area contributed by atoms with Gasteiger partial charge in [0.1, 0.15) is 5.71 Å². The molecule has 138 valence electrons. The minimum Gasteiger partial charge on any atom is -0.320 e. The lowest BCUT2D eigenvalue weighted by Crippen LogP contribution is -2.14. The molecule has 4 nitrogen and oxygen atoms in total. The second-order valence-corrected chi connectivity index (χ2v) is 7.21. The summed E-state index contributed by atoms with van der Waals surface area (Å²) in [6.07, 6.45) is 0. The molecule has 28 heavy (non-hydrogen) atoms. The number of carbonyl (C=O) groups is 2. The first-order valence-corrected chi connectivity index (χ1v) is 9.30. The van der Waals surface area contributed by atoms with Gasteiger partial charge in [0.2, 0.25) is 0 Å². The summed E-state index contributed by atoms with van der Waals surface area (Å²) in [6, 6.07) is 17.2. The zero-order chi connectivity index (χ0) is 19.8. The van der Waals surface area contributed by atoms with Crippen LogP contribution in [0.3, 0.4) is 0 Å². The van der Waals surface area contributed by atoms with Crippen LogP contribution in [0.5, 0.6) is 0 Å². The Hall–Kier alpha value is -2.95. The van der Waals surface area contributed by atoms with Gasteiger partial charge in [0.15, 0.2) is 5.78 Å². The van der Waals surface area contributed by atoms with Crippen LogP contribution in [0.2, 0.25) is 10.0 Å². The summed E-state index contributed by atoms with van der Waals surface area (Å²) < 4.78 is 0. The molecule has 0 saturated heterocycles. The molecular weight excluding hydrogens is 395 g/mol. The molecule has 0 atom stereocenters. The quantitative estimate of drug-likeness (QED) is 0.572. The van der Waals surface area contributed by atoms with Gasteiger partial charge in [-0.15, -0.1) is 0 Å². The van der Waals surface area contributed by atoms with E-state index in [1.54, 1.807) is 54.6 Å². The summed E-state index contributed by atoms with van der Waals surface area (Å²) in [7, 11) is 0. The average molecular weight is 409 g/mol. The first-order valence-electron chi connectivity index (χ1n) is 8.54. The minimum atomic E-state index is -0.339. The number of rotatable bonds is 3. The highest BCUT2D eigenvalue weighted by Gasteiger charge is 2.28. The van der Waals surface area contributed by atoms with Gasteiger partial charge in [-0.05, 0) is 42.8 Å². The number of amides is 1. The zero-order valence-corrected chi connectivity index (χ0v) is 16.3. The summed E-state index contributed by atoms with van der Waals surface area (Å²) in [5.41, 5.74) is 3.53. The van der Waals surface area contributed by atoms with Crippen molar-refractivity contribution in [3.05, 3.63) is 93.0 Å². The van der Waals surface area contributed by atoms with E-state index in [1.165, 1.54) is 0 Å². The van der Waals surface area contributed by atoms with Crippen LogP contribution in [0.15, 0.2) is 65.7 Å².